The molecule has 0 saturated carbocycles. The number of allylic oxidation sites excluding steroid dienone is 1. The number of carbonyl (C=O) groups excluding carboxylic acids is 1. The molecule has 0 aliphatic carbocycles. The zero-order valence-electron chi connectivity index (χ0n) is 19.3. The van der Waals surface area contributed by atoms with Gasteiger partial charge in [0, 0.05) is 23.5 Å². The monoisotopic (exact) mass is 413 g/mol. The Morgan fingerprint density at radius 2 is 1.87 bits per heavy atom. The molecule has 1 aliphatic heterocycles. The maximum atomic E-state index is 12.8. The van der Waals surface area contributed by atoms with Crippen LogP contribution in [-0.4, -0.2) is 18.0 Å². The van der Waals surface area contributed by atoms with Crippen LogP contribution in [0.4, 0.5) is 11.4 Å². The standard InChI is InChI=1S/C27H31N3O/c1-7-12-30-25-13-19(3)21(15-23(25)20(4)16-27(30,5)6)14-22(17-28)26(31)29-24-11-9-8-10-18(24)2/h8-11,13-16H,7,12H2,1-6H3,(H,29,31)/b22-14+. The van der Waals surface area contributed by atoms with Crippen molar-refractivity contribution in [2.75, 3.05) is 16.8 Å². The lowest BCUT2D eigenvalue weighted by molar-refractivity contribution is -0.112. The number of benzene rings is 2. The van der Waals surface area contributed by atoms with E-state index in [0.717, 1.165) is 35.2 Å². The minimum atomic E-state index is -0.394. The summed E-state index contributed by atoms with van der Waals surface area (Å²) in [4.78, 5) is 15.2. The van der Waals surface area contributed by atoms with Crippen LogP contribution in [0.3, 0.4) is 0 Å². The van der Waals surface area contributed by atoms with Crippen LogP contribution in [-0.2, 0) is 4.79 Å². The fraction of sp³-hybridized carbons (Fsp3) is 0.333. The van der Waals surface area contributed by atoms with Crippen molar-refractivity contribution in [3.8, 4) is 6.07 Å². The van der Waals surface area contributed by atoms with Crippen molar-refractivity contribution in [3.05, 3.63) is 70.3 Å². The molecule has 2 aromatic rings. The normalized spacial score (nSPS) is 15.1. The van der Waals surface area contributed by atoms with E-state index in [4.69, 9.17) is 0 Å². The van der Waals surface area contributed by atoms with Gasteiger partial charge >= 0.3 is 0 Å². The number of nitrogens with zero attached hydrogens (tertiary/aromatic N) is 2. The zero-order valence-corrected chi connectivity index (χ0v) is 19.3. The maximum absolute atomic E-state index is 12.8. The van der Waals surface area contributed by atoms with Crippen LogP contribution in [0.15, 0.2) is 48.0 Å². The van der Waals surface area contributed by atoms with Crippen LogP contribution in [0.5, 0.6) is 0 Å². The summed E-state index contributed by atoms with van der Waals surface area (Å²) in [5, 5.41) is 12.5. The molecule has 0 fully saturated rings. The number of nitriles is 1. The number of fused-ring (bicyclic) bond motifs is 1. The van der Waals surface area contributed by atoms with Crippen molar-refractivity contribution in [3.63, 3.8) is 0 Å². The van der Waals surface area contributed by atoms with E-state index in [1.807, 2.05) is 38.1 Å². The van der Waals surface area contributed by atoms with Gasteiger partial charge in [-0.1, -0.05) is 31.2 Å². The van der Waals surface area contributed by atoms with Gasteiger partial charge in [-0.3, -0.25) is 4.79 Å². The first-order chi connectivity index (χ1) is 14.7. The summed E-state index contributed by atoms with van der Waals surface area (Å²) < 4.78 is 0. The Morgan fingerprint density at radius 1 is 1.16 bits per heavy atom. The van der Waals surface area contributed by atoms with Gasteiger partial charge in [-0.25, -0.2) is 0 Å². The molecular formula is C27H31N3O. The number of rotatable bonds is 5. The van der Waals surface area contributed by atoms with Crippen molar-refractivity contribution >= 4 is 28.9 Å². The molecule has 0 aromatic heterocycles. The number of hydrogen-bond acceptors (Lipinski definition) is 3. The smallest absolute Gasteiger partial charge is 0.266 e. The molecule has 0 atom stereocenters. The second-order valence-electron chi connectivity index (χ2n) is 8.80. The fourth-order valence-electron chi connectivity index (χ4n) is 4.24. The van der Waals surface area contributed by atoms with Gasteiger partial charge in [0.15, 0.2) is 0 Å². The highest BCUT2D eigenvalue weighted by molar-refractivity contribution is 6.10. The number of nitrogens with one attached hydrogen (secondary N) is 1. The lowest BCUT2D eigenvalue weighted by Crippen LogP contribution is -2.45. The molecule has 0 bridgehead atoms. The number of aryl methyl sites for hydroxylation is 2. The average molecular weight is 414 g/mol. The van der Waals surface area contributed by atoms with Crippen molar-refractivity contribution in [1.29, 1.82) is 5.26 Å². The molecule has 0 saturated heterocycles. The molecule has 4 heteroatoms. The molecule has 2 aromatic carbocycles. The van der Waals surface area contributed by atoms with E-state index < -0.39 is 5.91 Å². The molecule has 1 amide bonds. The molecule has 160 valence electrons. The van der Waals surface area contributed by atoms with Crippen LogP contribution in [0, 0.1) is 25.2 Å². The van der Waals surface area contributed by atoms with E-state index in [1.54, 1.807) is 6.08 Å². The van der Waals surface area contributed by atoms with Crippen LogP contribution in [0.2, 0.25) is 0 Å². The van der Waals surface area contributed by atoms with Gasteiger partial charge in [-0.05, 0) is 87.6 Å². The second kappa shape index (κ2) is 8.81. The summed E-state index contributed by atoms with van der Waals surface area (Å²) in [6.45, 7) is 13.7. The van der Waals surface area contributed by atoms with Gasteiger partial charge in [-0.15, -0.1) is 0 Å². The molecule has 1 N–H and O–H groups in total. The molecule has 31 heavy (non-hydrogen) atoms. The topological polar surface area (TPSA) is 56.1 Å². The highest BCUT2D eigenvalue weighted by Gasteiger charge is 2.31. The first kappa shape index (κ1) is 22.4. The van der Waals surface area contributed by atoms with Gasteiger partial charge in [0.1, 0.15) is 11.6 Å². The Morgan fingerprint density at radius 3 is 2.52 bits per heavy atom. The van der Waals surface area contributed by atoms with Gasteiger partial charge in [0.05, 0.1) is 5.54 Å². The number of amides is 1. The summed E-state index contributed by atoms with van der Waals surface area (Å²) in [5.41, 5.74) is 7.22. The molecule has 1 heterocycles. The van der Waals surface area contributed by atoms with Crippen molar-refractivity contribution < 1.29 is 4.79 Å². The summed E-state index contributed by atoms with van der Waals surface area (Å²) in [7, 11) is 0. The highest BCUT2D eigenvalue weighted by atomic mass is 16.1. The number of hydrogen-bond donors (Lipinski definition) is 1. The second-order valence-corrected chi connectivity index (χ2v) is 8.80. The Balaban J connectivity index is 2.01. The van der Waals surface area contributed by atoms with Gasteiger partial charge in [-0.2, -0.15) is 5.26 Å². The maximum Gasteiger partial charge on any atom is 0.266 e. The lowest BCUT2D eigenvalue weighted by atomic mass is 9.86. The van der Waals surface area contributed by atoms with E-state index in [-0.39, 0.29) is 11.1 Å². The molecule has 0 spiro atoms. The van der Waals surface area contributed by atoms with Crippen molar-refractivity contribution in [2.24, 2.45) is 0 Å². The summed E-state index contributed by atoms with van der Waals surface area (Å²) >= 11 is 0. The lowest BCUT2D eigenvalue weighted by Gasteiger charge is -2.43. The van der Waals surface area contributed by atoms with Crippen molar-refractivity contribution in [2.45, 2.75) is 53.5 Å². The fourth-order valence-corrected chi connectivity index (χ4v) is 4.24. The first-order valence-electron chi connectivity index (χ1n) is 10.8. The largest absolute Gasteiger partial charge is 0.362 e. The average Bonchev–Trinajstić information content (AvgIpc) is 2.71. The molecular weight excluding hydrogens is 382 g/mol. The summed E-state index contributed by atoms with van der Waals surface area (Å²) in [6, 6.07) is 13.9. The van der Waals surface area contributed by atoms with Crippen LogP contribution in [0.1, 0.15) is 56.4 Å². The minimum absolute atomic E-state index is 0.0534. The first-order valence-corrected chi connectivity index (χ1v) is 10.8. The summed E-state index contributed by atoms with van der Waals surface area (Å²) in [6.07, 6.45) is 5.05. The molecule has 1 aliphatic rings. The Labute approximate surface area is 185 Å². The van der Waals surface area contributed by atoms with E-state index >= 15 is 0 Å². The molecule has 0 unspecified atom stereocenters. The predicted molar refractivity (Wildman–Crippen MR) is 130 cm³/mol. The number of anilines is 2. The van der Waals surface area contributed by atoms with Gasteiger partial charge in [0.25, 0.3) is 5.91 Å². The van der Waals surface area contributed by atoms with E-state index in [2.05, 4.69) is 62.2 Å². The van der Waals surface area contributed by atoms with Gasteiger partial charge < -0.3 is 10.2 Å². The molecule has 3 rings (SSSR count). The van der Waals surface area contributed by atoms with Gasteiger partial charge in [0.2, 0.25) is 0 Å². The number of carbonyl (C=O) groups is 1. The third-order valence-electron chi connectivity index (χ3n) is 5.87. The Kier molecular flexibility index (Phi) is 6.36. The summed E-state index contributed by atoms with van der Waals surface area (Å²) in [5.74, 6) is -0.394. The van der Waals surface area contributed by atoms with E-state index in [0.29, 0.717) is 5.69 Å². The van der Waals surface area contributed by atoms with Crippen molar-refractivity contribution in [1.82, 2.24) is 0 Å². The van der Waals surface area contributed by atoms with E-state index in [9.17, 15) is 10.1 Å². The molecule has 4 nitrogen and oxygen atoms in total. The third kappa shape index (κ3) is 4.56. The van der Waals surface area contributed by atoms with Crippen LogP contribution >= 0.6 is 0 Å². The number of para-hydroxylation sites is 1. The van der Waals surface area contributed by atoms with Crippen LogP contribution in [0.25, 0.3) is 11.6 Å². The SMILES string of the molecule is CCCN1c2cc(C)c(/C=C(\C#N)C(=O)Nc3ccccc3C)cc2C(C)=CC1(C)C. The Hall–Kier alpha value is -3.32. The Bertz CT molecular complexity index is 1120. The molecule has 0 radical (unpaired) electrons. The highest BCUT2D eigenvalue weighted by Crippen LogP contribution is 2.40. The van der Waals surface area contributed by atoms with E-state index in [1.165, 1.54) is 11.3 Å². The van der Waals surface area contributed by atoms with Crippen LogP contribution < -0.4 is 10.2 Å². The third-order valence-corrected chi connectivity index (χ3v) is 5.87. The predicted octanol–water partition coefficient (Wildman–Crippen LogP) is 6.26. The minimum Gasteiger partial charge on any atom is -0.362 e. The zero-order chi connectivity index (χ0) is 22.8. The quantitative estimate of drug-likeness (QED) is 0.465.